The van der Waals surface area contributed by atoms with Crippen LogP contribution in [0.15, 0.2) is 40.8 Å². The minimum absolute atomic E-state index is 0.00979. The van der Waals surface area contributed by atoms with E-state index >= 15 is 0 Å². The highest BCUT2D eigenvalue weighted by Crippen LogP contribution is 2.22. The second kappa shape index (κ2) is 5.53. The van der Waals surface area contributed by atoms with E-state index < -0.39 is 0 Å². The lowest BCUT2D eigenvalue weighted by atomic mass is 10.1. The molecular weight excluding hydrogens is 264 g/mol. The molecule has 0 spiro atoms. The molecule has 1 heterocycles. The van der Waals surface area contributed by atoms with E-state index in [0.29, 0.717) is 16.2 Å². The Bertz CT molecular complexity index is 621. The summed E-state index contributed by atoms with van der Waals surface area (Å²) in [6.45, 7) is 1.63. The van der Waals surface area contributed by atoms with Gasteiger partial charge in [-0.05, 0) is 36.6 Å². The van der Waals surface area contributed by atoms with Crippen LogP contribution in [0.3, 0.4) is 0 Å². The van der Waals surface area contributed by atoms with Crippen LogP contribution >= 0.6 is 11.3 Å². The predicted octanol–water partition coefficient (Wildman–Crippen LogP) is 2.31. The Morgan fingerprint density at radius 2 is 2.11 bits per heavy atom. The van der Waals surface area contributed by atoms with E-state index in [1.807, 2.05) is 0 Å². The van der Waals surface area contributed by atoms with Gasteiger partial charge in [0, 0.05) is 5.56 Å². The first kappa shape index (κ1) is 13.1. The number of rotatable bonds is 3. The van der Waals surface area contributed by atoms with Crippen molar-refractivity contribution in [1.82, 2.24) is 5.43 Å². The molecule has 1 amide bonds. The lowest BCUT2D eigenvalue weighted by Crippen LogP contribution is -2.18. The number of phenolic OH excluding ortho intramolecular Hbond substituents is 2. The number of aromatic hydroxyl groups is 2. The zero-order chi connectivity index (χ0) is 13.8. The summed E-state index contributed by atoms with van der Waals surface area (Å²) < 4.78 is 0. The summed E-state index contributed by atoms with van der Waals surface area (Å²) >= 11 is 1.31. The highest BCUT2D eigenvalue weighted by molar-refractivity contribution is 7.12. The average molecular weight is 276 g/mol. The number of hydrazone groups is 1. The number of hydrogen-bond acceptors (Lipinski definition) is 5. The first-order valence-corrected chi connectivity index (χ1v) is 6.36. The van der Waals surface area contributed by atoms with Crippen LogP contribution in [0, 0.1) is 0 Å². The maximum atomic E-state index is 11.7. The van der Waals surface area contributed by atoms with Crippen LogP contribution in [-0.4, -0.2) is 21.8 Å². The van der Waals surface area contributed by atoms with Crippen molar-refractivity contribution in [3.8, 4) is 11.5 Å². The number of carbonyl (C=O) groups excluding carboxylic acids is 1. The van der Waals surface area contributed by atoms with Gasteiger partial charge in [0.1, 0.15) is 11.5 Å². The largest absolute Gasteiger partial charge is 0.508 e. The van der Waals surface area contributed by atoms with Crippen LogP contribution in [-0.2, 0) is 0 Å². The first-order chi connectivity index (χ1) is 9.08. The minimum Gasteiger partial charge on any atom is -0.508 e. The monoisotopic (exact) mass is 276 g/mol. The molecule has 0 unspecified atom stereocenters. The minimum atomic E-state index is -0.311. The van der Waals surface area contributed by atoms with Crippen LogP contribution in [0.4, 0.5) is 0 Å². The summed E-state index contributed by atoms with van der Waals surface area (Å²) in [6, 6.07) is 7.58. The molecular formula is C13H12N2O3S. The summed E-state index contributed by atoms with van der Waals surface area (Å²) in [5.41, 5.74) is 3.17. The number of nitrogens with zero attached hydrogens (tertiary/aromatic N) is 1. The fourth-order valence-electron chi connectivity index (χ4n) is 1.47. The van der Waals surface area contributed by atoms with Crippen molar-refractivity contribution in [3.05, 3.63) is 46.2 Å². The van der Waals surface area contributed by atoms with Crippen LogP contribution in [0.2, 0.25) is 0 Å². The van der Waals surface area contributed by atoms with Crippen molar-refractivity contribution >= 4 is 23.0 Å². The summed E-state index contributed by atoms with van der Waals surface area (Å²) in [7, 11) is 0. The van der Waals surface area contributed by atoms with Crippen molar-refractivity contribution in [2.45, 2.75) is 6.92 Å². The van der Waals surface area contributed by atoms with Gasteiger partial charge in [-0.25, -0.2) is 5.43 Å². The molecule has 98 valence electrons. The van der Waals surface area contributed by atoms with E-state index in [4.69, 9.17) is 0 Å². The molecule has 0 radical (unpaired) electrons. The Morgan fingerprint density at radius 3 is 2.79 bits per heavy atom. The molecule has 0 fully saturated rings. The summed E-state index contributed by atoms with van der Waals surface area (Å²) in [5.74, 6) is -0.301. The van der Waals surface area contributed by atoms with Gasteiger partial charge in [-0.3, -0.25) is 4.79 Å². The third-order valence-corrected chi connectivity index (χ3v) is 3.31. The van der Waals surface area contributed by atoms with Crippen LogP contribution in [0.5, 0.6) is 11.5 Å². The van der Waals surface area contributed by atoms with Crippen molar-refractivity contribution in [1.29, 1.82) is 0 Å². The highest BCUT2D eigenvalue weighted by Gasteiger charge is 2.08. The van der Waals surface area contributed by atoms with Crippen molar-refractivity contribution in [2.24, 2.45) is 5.10 Å². The molecule has 6 heteroatoms. The molecule has 0 aliphatic rings. The lowest BCUT2D eigenvalue weighted by Gasteiger charge is -2.05. The fourth-order valence-corrected chi connectivity index (χ4v) is 2.09. The zero-order valence-corrected chi connectivity index (χ0v) is 10.9. The topological polar surface area (TPSA) is 81.9 Å². The summed E-state index contributed by atoms with van der Waals surface area (Å²) in [5, 5.41) is 24.7. The van der Waals surface area contributed by atoms with Gasteiger partial charge in [0.15, 0.2) is 0 Å². The molecule has 2 rings (SSSR count). The van der Waals surface area contributed by atoms with E-state index in [1.54, 1.807) is 24.4 Å². The second-order valence-corrected chi connectivity index (χ2v) is 4.76. The Kier molecular flexibility index (Phi) is 3.82. The van der Waals surface area contributed by atoms with Crippen molar-refractivity contribution in [3.63, 3.8) is 0 Å². The van der Waals surface area contributed by atoms with Crippen molar-refractivity contribution in [2.75, 3.05) is 0 Å². The molecule has 0 atom stereocenters. The average Bonchev–Trinajstić information content (AvgIpc) is 2.92. The molecule has 2 aromatic rings. The smallest absolute Gasteiger partial charge is 0.281 e. The molecule has 0 aliphatic carbocycles. The predicted molar refractivity (Wildman–Crippen MR) is 73.8 cm³/mol. The fraction of sp³-hybridized carbons (Fsp3) is 0.0769. The van der Waals surface area contributed by atoms with Gasteiger partial charge in [0.2, 0.25) is 0 Å². The SMILES string of the molecule is CC(=NNC(=O)c1cccs1)c1cc(O)ccc1O. The van der Waals surface area contributed by atoms with Crippen LogP contribution < -0.4 is 5.43 Å². The van der Waals surface area contributed by atoms with Gasteiger partial charge >= 0.3 is 0 Å². The summed E-state index contributed by atoms with van der Waals surface area (Å²) in [4.78, 5) is 12.2. The van der Waals surface area contributed by atoms with Gasteiger partial charge in [-0.1, -0.05) is 6.07 Å². The Balaban J connectivity index is 2.15. The molecule has 0 bridgehead atoms. The number of carbonyl (C=O) groups is 1. The van der Waals surface area contributed by atoms with Gasteiger partial charge < -0.3 is 10.2 Å². The highest BCUT2D eigenvalue weighted by atomic mass is 32.1. The Morgan fingerprint density at radius 1 is 1.32 bits per heavy atom. The molecule has 0 aliphatic heterocycles. The molecule has 1 aromatic heterocycles. The number of hydrogen-bond donors (Lipinski definition) is 3. The normalized spacial score (nSPS) is 11.3. The van der Waals surface area contributed by atoms with Crippen LogP contribution in [0.25, 0.3) is 0 Å². The third-order valence-electron chi connectivity index (χ3n) is 2.44. The zero-order valence-electron chi connectivity index (χ0n) is 10.1. The molecule has 0 saturated carbocycles. The van der Waals surface area contributed by atoms with E-state index in [-0.39, 0.29) is 17.4 Å². The van der Waals surface area contributed by atoms with E-state index in [0.717, 1.165) is 0 Å². The first-order valence-electron chi connectivity index (χ1n) is 5.48. The quantitative estimate of drug-likeness (QED) is 0.457. The Labute approximate surface area is 113 Å². The molecule has 0 saturated heterocycles. The number of phenols is 2. The van der Waals surface area contributed by atoms with Crippen LogP contribution in [0.1, 0.15) is 22.2 Å². The van der Waals surface area contributed by atoms with E-state index in [1.165, 1.54) is 29.5 Å². The number of thiophene rings is 1. The standard InChI is InChI=1S/C13H12N2O3S/c1-8(10-7-9(16)4-5-11(10)17)14-15-13(18)12-3-2-6-19-12/h2-7,16-17H,1H3,(H,15,18). The van der Waals surface area contributed by atoms with Gasteiger partial charge in [0.25, 0.3) is 5.91 Å². The van der Waals surface area contributed by atoms with Gasteiger partial charge in [-0.15, -0.1) is 11.3 Å². The van der Waals surface area contributed by atoms with Gasteiger partial charge in [0.05, 0.1) is 10.6 Å². The second-order valence-electron chi connectivity index (χ2n) is 3.82. The van der Waals surface area contributed by atoms with E-state index in [2.05, 4.69) is 10.5 Å². The molecule has 3 N–H and O–H groups in total. The number of amides is 1. The van der Waals surface area contributed by atoms with Crippen molar-refractivity contribution < 1.29 is 15.0 Å². The maximum absolute atomic E-state index is 11.7. The number of benzene rings is 1. The molecule has 19 heavy (non-hydrogen) atoms. The lowest BCUT2D eigenvalue weighted by molar-refractivity contribution is 0.0959. The maximum Gasteiger partial charge on any atom is 0.281 e. The molecule has 1 aromatic carbocycles. The summed E-state index contributed by atoms with van der Waals surface area (Å²) in [6.07, 6.45) is 0. The van der Waals surface area contributed by atoms with Gasteiger partial charge in [-0.2, -0.15) is 5.10 Å². The molecule has 5 nitrogen and oxygen atoms in total. The Hall–Kier alpha value is -2.34. The third kappa shape index (κ3) is 3.11. The van der Waals surface area contributed by atoms with E-state index in [9.17, 15) is 15.0 Å². The number of nitrogens with one attached hydrogen (secondary N) is 1.